The lowest BCUT2D eigenvalue weighted by molar-refractivity contribution is -0.138. The number of hydrogen-bond donors (Lipinski definition) is 2. The third-order valence-corrected chi connectivity index (χ3v) is 1.43. The number of rotatable bonds is 3. The molecule has 17 heavy (non-hydrogen) atoms. The largest absolute Gasteiger partial charge is 0.481 e. The Morgan fingerprint density at radius 1 is 1.12 bits per heavy atom. The Morgan fingerprint density at radius 2 is 1.53 bits per heavy atom. The van der Waals surface area contributed by atoms with Gasteiger partial charge in [0.2, 0.25) is 0 Å². The zero-order valence-corrected chi connectivity index (χ0v) is 11.9. The minimum Gasteiger partial charge on any atom is -0.481 e. The summed E-state index contributed by atoms with van der Waals surface area (Å²) >= 11 is 0. The molecule has 0 saturated carbocycles. The lowest BCUT2D eigenvalue weighted by atomic mass is 10.0. The van der Waals surface area contributed by atoms with Gasteiger partial charge in [-0.1, -0.05) is 13.8 Å². The molecule has 0 spiro atoms. The van der Waals surface area contributed by atoms with Gasteiger partial charge in [-0.3, -0.25) is 4.79 Å². The Labute approximate surface area is 104 Å². The van der Waals surface area contributed by atoms with Gasteiger partial charge in [0.25, 0.3) is 0 Å². The van der Waals surface area contributed by atoms with Gasteiger partial charge in [0, 0.05) is 5.54 Å². The predicted octanol–water partition coefficient (Wildman–Crippen LogP) is 2.79. The molecule has 5 nitrogen and oxygen atoms in total. The number of nitrogens with one attached hydrogen (secondary N) is 1. The van der Waals surface area contributed by atoms with Crippen molar-refractivity contribution in [3.63, 3.8) is 0 Å². The van der Waals surface area contributed by atoms with Gasteiger partial charge in [-0.2, -0.15) is 0 Å². The molecule has 2 N–H and O–H groups in total. The van der Waals surface area contributed by atoms with Gasteiger partial charge < -0.3 is 15.2 Å². The van der Waals surface area contributed by atoms with Gasteiger partial charge >= 0.3 is 12.1 Å². The van der Waals surface area contributed by atoms with Crippen LogP contribution in [0.25, 0.3) is 0 Å². The molecule has 0 heterocycles. The van der Waals surface area contributed by atoms with Gasteiger partial charge in [0.1, 0.15) is 5.60 Å². The number of carboxylic acid groups (broad SMARTS) is 1. The lowest BCUT2D eigenvalue weighted by Crippen LogP contribution is -2.47. The third kappa shape index (κ3) is 12.7. The van der Waals surface area contributed by atoms with Gasteiger partial charge in [-0.05, 0) is 34.6 Å². The van der Waals surface area contributed by atoms with E-state index in [1.54, 1.807) is 34.6 Å². The van der Waals surface area contributed by atoms with Crippen LogP contribution in [0.15, 0.2) is 0 Å². The maximum absolute atomic E-state index is 11.3. The molecule has 0 aliphatic heterocycles. The summed E-state index contributed by atoms with van der Waals surface area (Å²) in [6.07, 6.45) is -0.750. The standard InChI is InChI=1S/C10H19NO4.C2H6/c1-9(2,3)15-8(14)11-10(4,5)6-7(12)13;1-2/h6H2,1-5H3,(H,11,14)(H,12,13);1-2H3. The van der Waals surface area contributed by atoms with Crippen LogP contribution in [0.3, 0.4) is 0 Å². The Balaban J connectivity index is 0. The summed E-state index contributed by atoms with van der Waals surface area (Å²) in [5.41, 5.74) is -1.39. The summed E-state index contributed by atoms with van der Waals surface area (Å²) in [6.45, 7) is 12.5. The van der Waals surface area contributed by atoms with Gasteiger partial charge in [-0.15, -0.1) is 0 Å². The quantitative estimate of drug-likeness (QED) is 0.804. The summed E-state index contributed by atoms with van der Waals surface area (Å²) in [5.74, 6) is -0.962. The van der Waals surface area contributed by atoms with Crippen molar-refractivity contribution in [1.82, 2.24) is 5.32 Å². The van der Waals surface area contributed by atoms with E-state index in [0.29, 0.717) is 0 Å². The van der Waals surface area contributed by atoms with Crippen LogP contribution in [0.5, 0.6) is 0 Å². The summed E-state index contributed by atoms with van der Waals surface area (Å²) in [4.78, 5) is 21.8. The number of amides is 1. The van der Waals surface area contributed by atoms with E-state index in [0.717, 1.165) is 0 Å². The topological polar surface area (TPSA) is 75.6 Å². The van der Waals surface area contributed by atoms with Crippen LogP contribution in [-0.4, -0.2) is 28.3 Å². The molecule has 0 radical (unpaired) electrons. The second kappa shape index (κ2) is 7.14. The smallest absolute Gasteiger partial charge is 0.408 e. The highest BCUT2D eigenvalue weighted by Crippen LogP contribution is 2.11. The maximum Gasteiger partial charge on any atom is 0.408 e. The number of carbonyl (C=O) groups is 2. The van der Waals surface area contributed by atoms with Crippen LogP contribution in [0.2, 0.25) is 0 Å². The minimum absolute atomic E-state index is 0.147. The summed E-state index contributed by atoms with van der Waals surface area (Å²) in [5, 5.41) is 11.1. The van der Waals surface area contributed by atoms with Crippen LogP contribution < -0.4 is 5.32 Å². The molecule has 0 aliphatic rings. The van der Waals surface area contributed by atoms with E-state index in [2.05, 4.69) is 5.32 Å². The molecule has 0 atom stereocenters. The molecule has 0 aromatic heterocycles. The first-order valence-electron chi connectivity index (χ1n) is 5.75. The van der Waals surface area contributed by atoms with Crippen molar-refractivity contribution in [2.45, 2.75) is 66.0 Å². The number of hydrogen-bond acceptors (Lipinski definition) is 3. The number of alkyl carbamates (subject to hydrolysis) is 1. The molecule has 0 bridgehead atoms. The van der Waals surface area contributed by atoms with E-state index in [1.165, 1.54) is 0 Å². The molecule has 1 amide bonds. The fraction of sp³-hybridized carbons (Fsp3) is 0.833. The molecule has 102 valence electrons. The van der Waals surface area contributed by atoms with Crippen LogP contribution in [0.4, 0.5) is 4.79 Å². The van der Waals surface area contributed by atoms with Gasteiger partial charge in [-0.25, -0.2) is 4.79 Å². The van der Waals surface area contributed by atoms with Crippen molar-refractivity contribution in [2.75, 3.05) is 0 Å². The van der Waals surface area contributed by atoms with Gasteiger partial charge in [0.15, 0.2) is 0 Å². The monoisotopic (exact) mass is 247 g/mol. The highest BCUT2D eigenvalue weighted by Gasteiger charge is 2.26. The number of carbonyl (C=O) groups excluding carboxylic acids is 1. The highest BCUT2D eigenvalue weighted by atomic mass is 16.6. The SMILES string of the molecule is CC.CC(C)(CC(=O)O)NC(=O)OC(C)(C)C. The van der Waals surface area contributed by atoms with Crippen LogP contribution >= 0.6 is 0 Å². The van der Waals surface area contributed by atoms with Crippen molar-refractivity contribution in [3.05, 3.63) is 0 Å². The third-order valence-electron chi connectivity index (χ3n) is 1.43. The second-order valence-electron chi connectivity index (χ2n) is 5.08. The number of aliphatic carboxylic acids is 1. The molecule has 0 aromatic rings. The first-order chi connectivity index (χ1) is 7.52. The van der Waals surface area contributed by atoms with E-state index in [9.17, 15) is 9.59 Å². The lowest BCUT2D eigenvalue weighted by Gasteiger charge is -2.27. The number of ether oxygens (including phenoxy) is 1. The van der Waals surface area contributed by atoms with E-state index < -0.39 is 23.2 Å². The van der Waals surface area contributed by atoms with Crippen LogP contribution in [-0.2, 0) is 9.53 Å². The fourth-order valence-electron chi connectivity index (χ4n) is 1.00. The zero-order valence-electron chi connectivity index (χ0n) is 11.9. The Kier molecular flexibility index (Phi) is 7.61. The molecule has 0 saturated heterocycles. The first-order valence-corrected chi connectivity index (χ1v) is 5.75. The average Bonchev–Trinajstić information content (AvgIpc) is 1.99. The molecule has 0 aromatic carbocycles. The zero-order chi connectivity index (χ0) is 14.3. The molecule has 5 heteroatoms. The summed E-state index contributed by atoms with van der Waals surface area (Å²) in [6, 6.07) is 0. The number of carboxylic acids is 1. The fourth-order valence-corrected chi connectivity index (χ4v) is 1.00. The maximum atomic E-state index is 11.3. The highest BCUT2D eigenvalue weighted by molar-refractivity contribution is 5.72. The van der Waals surface area contributed by atoms with E-state index in [4.69, 9.17) is 9.84 Å². The molecule has 0 aliphatic carbocycles. The Morgan fingerprint density at radius 3 is 1.82 bits per heavy atom. The minimum atomic E-state index is -0.962. The summed E-state index contributed by atoms with van der Waals surface area (Å²) < 4.78 is 5.01. The van der Waals surface area contributed by atoms with E-state index in [1.807, 2.05) is 13.8 Å². The van der Waals surface area contributed by atoms with E-state index >= 15 is 0 Å². The molecule has 0 unspecified atom stereocenters. The predicted molar refractivity (Wildman–Crippen MR) is 67.0 cm³/mol. The van der Waals surface area contributed by atoms with Crippen molar-refractivity contribution in [3.8, 4) is 0 Å². The second-order valence-corrected chi connectivity index (χ2v) is 5.08. The van der Waals surface area contributed by atoms with Gasteiger partial charge in [0.05, 0.1) is 6.42 Å². The van der Waals surface area contributed by atoms with Crippen molar-refractivity contribution < 1.29 is 19.4 Å². The van der Waals surface area contributed by atoms with Crippen molar-refractivity contribution in [2.24, 2.45) is 0 Å². The van der Waals surface area contributed by atoms with Crippen molar-refractivity contribution in [1.29, 1.82) is 0 Å². The normalized spacial score (nSPS) is 11.0. The molecular weight excluding hydrogens is 222 g/mol. The Hall–Kier alpha value is -1.26. The molecule has 0 rings (SSSR count). The van der Waals surface area contributed by atoms with Crippen LogP contribution in [0.1, 0.15) is 54.9 Å². The molecular formula is C12H25NO4. The van der Waals surface area contributed by atoms with Crippen LogP contribution in [0, 0.1) is 0 Å². The first kappa shape index (κ1) is 18.1. The Bertz CT molecular complexity index is 254. The molecule has 0 fully saturated rings. The summed E-state index contributed by atoms with van der Waals surface area (Å²) in [7, 11) is 0. The van der Waals surface area contributed by atoms with E-state index in [-0.39, 0.29) is 6.42 Å². The average molecular weight is 247 g/mol. The van der Waals surface area contributed by atoms with Crippen molar-refractivity contribution >= 4 is 12.1 Å².